The molecule has 2 aliphatic rings. The molecule has 0 aromatic heterocycles. The van der Waals surface area contributed by atoms with Gasteiger partial charge < -0.3 is 10.2 Å². The van der Waals surface area contributed by atoms with Crippen LogP contribution in [-0.2, 0) is 16.6 Å². The highest BCUT2D eigenvalue weighted by Crippen LogP contribution is 2.33. The van der Waals surface area contributed by atoms with E-state index in [1.54, 1.807) is 0 Å². The summed E-state index contributed by atoms with van der Waals surface area (Å²) in [5.41, 5.74) is 3.94. The quantitative estimate of drug-likeness (QED) is 0.923. The Morgan fingerprint density at radius 2 is 2.10 bits per heavy atom. The molecule has 1 saturated carbocycles. The zero-order valence-corrected chi connectivity index (χ0v) is 13.4. The molecule has 21 heavy (non-hydrogen) atoms. The molecule has 0 bridgehead atoms. The van der Waals surface area contributed by atoms with Crippen LogP contribution < -0.4 is 10.2 Å². The van der Waals surface area contributed by atoms with Crippen molar-refractivity contribution in [2.45, 2.75) is 45.4 Å². The van der Waals surface area contributed by atoms with Crippen molar-refractivity contribution in [2.24, 2.45) is 5.92 Å². The van der Waals surface area contributed by atoms with Gasteiger partial charge in [0.15, 0.2) is 0 Å². The van der Waals surface area contributed by atoms with E-state index in [1.165, 1.54) is 24.0 Å². The summed E-state index contributed by atoms with van der Waals surface area (Å²) >= 11 is 0. The van der Waals surface area contributed by atoms with Crippen LogP contribution in [0.1, 0.15) is 44.7 Å². The normalized spacial score (nSPS) is 18.0. The first-order valence-corrected chi connectivity index (χ1v) is 8.09. The average molecular weight is 286 g/mol. The van der Waals surface area contributed by atoms with Gasteiger partial charge in [0, 0.05) is 12.2 Å². The van der Waals surface area contributed by atoms with Gasteiger partial charge in [0.05, 0.1) is 6.54 Å². The van der Waals surface area contributed by atoms with E-state index in [2.05, 4.69) is 44.3 Å². The summed E-state index contributed by atoms with van der Waals surface area (Å²) in [5, 5.41) is 3.30. The first-order chi connectivity index (χ1) is 9.95. The minimum absolute atomic E-state index is 0.165. The van der Waals surface area contributed by atoms with Gasteiger partial charge in [-0.2, -0.15) is 0 Å². The van der Waals surface area contributed by atoms with E-state index in [9.17, 15) is 4.79 Å². The van der Waals surface area contributed by atoms with Crippen LogP contribution >= 0.6 is 0 Å². The third kappa shape index (κ3) is 3.29. The number of nitrogens with zero attached hydrogens (tertiary/aromatic N) is 1. The summed E-state index contributed by atoms with van der Waals surface area (Å²) in [6.45, 7) is 8.98. The standard InChI is InChI=1S/C18H26N2O/c1-18(2,3)15-6-7-16-14(10-15)8-9-20(16)17(21)12-19-11-13-4-5-13/h6-7,10,13,19H,4-5,8-9,11-12H2,1-3H3. The Bertz CT molecular complexity index is 541. The van der Waals surface area contributed by atoms with Crippen LogP contribution in [0, 0.1) is 5.92 Å². The summed E-state index contributed by atoms with van der Waals surface area (Å²) in [4.78, 5) is 14.3. The molecule has 1 aromatic carbocycles. The van der Waals surface area contributed by atoms with E-state index in [-0.39, 0.29) is 11.3 Å². The van der Waals surface area contributed by atoms with E-state index >= 15 is 0 Å². The fourth-order valence-corrected chi connectivity index (χ4v) is 2.93. The topological polar surface area (TPSA) is 32.3 Å². The number of anilines is 1. The number of carbonyl (C=O) groups is 1. The van der Waals surface area contributed by atoms with Gasteiger partial charge >= 0.3 is 0 Å². The van der Waals surface area contributed by atoms with Gasteiger partial charge in [-0.25, -0.2) is 0 Å². The third-order valence-corrected chi connectivity index (χ3v) is 4.55. The predicted octanol–water partition coefficient (Wildman–Crippen LogP) is 2.87. The summed E-state index contributed by atoms with van der Waals surface area (Å²) in [7, 11) is 0. The Morgan fingerprint density at radius 3 is 2.76 bits per heavy atom. The summed E-state index contributed by atoms with van der Waals surface area (Å²) in [5.74, 6) is 1.02. The van der Waals surface area contributed by atoms with Crippen molar-refractivity contribution in [3.63, 3.8) is 0 Å². The highest BCUT2D eigenvalue weighted by molar-refractivity contribution is 5.96. The van der Waals surface area contributed by atoms with E-state index in [0.29, 0.717) is 6.54 Å². The maximum Gasteiger partial charge on any atom is 0.240 e. The molecule has 1 N–H and O–H groups in total. The third-order valence-electron chi connectivity index (χ3n) is 4.55. The number of fused-ring (bicyclic) bond motifs is 1. The maximum absolute atomic E-state index is 12.4. The van der Waals surface area contributed by atoms with E-state index < -0.39 is 0 Å². The van der Waals surface area contributed by atoms with Crippen molar-refractivity contribution in [3.05, 3.63) is 29.3 Å². The highest BCUT2D eigenvalue weighted by atomic mass is 16.2. The molecule has 0 spiro atoms. The number of hydrogen-bond donors (Lipinski definition) is 1. The molecule has 1 fully saturated rings. The lowest BCUT2D eigenvalue weighted by Crippen LogP contribution is -2.37. The number of benzene rings is 1. The van der Waals surface area contributed by atoms with Crippen molar-refractivity contribution in [1.82, 2.24) is 5.32 Å². The second kappa shape index (κ2) is 5.45. The Morgan fingerprint density at radius 1 is 1.33 bits per heavy atom. The van der Waals surface area contributed by atoms with Crippen LogP contribution in [-0.4, -0.2) is 25.5 Å². The van der Waals surface area contributed by atoms with E-state index in [4.69, 9.17) is 0 Å². The molecule has 3 nitrogen and oxygen atoms in total. The fourth-order valence-electron chi connectivity index (χ4n) is 2.93. The Hall–Kier alpha value is -1.35. The van der Waals surface area contributed by atoms with Crippen molar-refractivity contribution >= 4 is 11.6 Å². The van der Waals surface area contributed by atoms with Crippen LogP contribution in [0.25, 0.3) is 0 Å². The molecule has 1 aromatic rings. The molecule has 1 aliphatic heterocycles. The lowest BCUT2D eigenvalue weighted by Gasteiger charge is -2.22. The summed E-state index contributed by atoms with van der Waals surface area (Å²) < 4.78 is 0. The first-order valence-electron chi connectivity index (χ1n) is 8.09. The van der Waals surface area contributed by atoms with Crippen molar-refractivity contribution < 1.29 is 4.79 Å². The minimum atomic E-state index is 0.165. The molecular weight excluding hydrogens is 260 g/mol. The zero-order chi connectivity index (χ0) is 15.0. The Labute approximate surface area is 127 Å². The number of nitrogens with one attached hydrogen (secondary N) is 1. The number of rotatable bonds is 4. The monoisotopic (exact) mass is 286 g/mol. The molecule has 0 unspecified atom stereocenters. The number of carbonyl (C=O) groups excluding carboxylic acids is 1. The molecule has 0 radical (unpaired) electrons. The highest BCUT2D eigenvalue weighted by Gasteiger charge is 2.27. The zero-order valence-electron chi connectivity index (χ0n) is 13.4. The molecule has 1 heterocycles. The molecule has 114 valence electrons. The molecular formula is C18H26N2O. The largest absolute Gasteiger partial charge is 0.311 e. The Kier molecular flexibility index (Phi) is 3.78. The lowest BCUT2D eigenvalue weighted by molar-refractivity contribution is -0.117. The summed E-state index contributed by atoms with van der Waals surface area (Å²) in [6, 6.07) is 6.57. The Balaban J connectivity index is 1.66. The number of amides is 1. The van der Waals surface area contributed by atoms with Crippen LogP contribution in [0.3, 0.4) is 0 Å². The molecule has 3 rings (SSSR count). The van der Waals surface area contributed by atoms with Crippen LogP contribution in [0.4, 0.5) is 5.69 Å². The maximum atomic E-state index is 12.4. The van der Waals surface area contributed by atoms with Crippen molar-refractivity contribution in [2.75, 3.05) is 24.5 Å². The first kappa shape index (κ1) is 14.6. The second-order valence-electron chi connectivity index (χ2n) is 7.46. The molecule has 1 aliphatic carbocycles. The molecule has 1 amide bonds. The van der Waals surface area contributed by atoms with Crippen LogP contribution in [0.2, 0.25) is 0 Å². The predicted molar refractivity (Wildman–Crippen MR) is 86.8 cm³/mol. The van der Waals surface area contributed by atoms with Gasteiger partial charge in [0.2, 0.25) is 5.91 Å². The average Bonchev–Trinajstić information content (AvgIpc) is 3.14. The SMILES string of the molecule is CC(C)(C)c1ccc2c(c1)CCN2C(=O)CNCC1CC1. The lowest BCUT2D eigenvalue weighted by atomic mass is 9.86. The van der Waals surface area contributed by atoms with Crippen LogP contribution in [0.5, 0.6) is 0 Å². The smallest absolute Gasteiger partial charge is 0.240 e. The van der Waals surface area contributed by atoms with E-state index in [0.717, 1.165) is 31.1 Å². The molecule has 0 saturated heterocycles. The van der Waals surface area contributed by atoms with E-state index in [1.807, 2.05) is 4.90 Å². The van der Waals surface area contributed by atoms with Gasteiger partial charge in [0.1, 0.15) is 0 Å². The molecule has 0 atom stereocenters. The van der Waals surface area contributed by atoms with Crippen molar-refractivity contribution in [1.29, 1.82) is 0 Å². The van der Waals surface area contributed by atoms with Crippen molar-refractivity contribution in [3.8, 4) is 0 Å². The molecule has 3 heteroatoms. The minimum Gasteiger partial charge on any atom is -0.311 e. The fraction of sp³-hybridized carbons (Fsp3) is 0.611. The van der Waals surface area contributed by atoms with Gasteiger partial charge in [-0.15, -0.1) is 0 Å². The second-order valence-corrected chi connectivity index (χ2v) is 7.46. The van der Waals surface area contributed by atoms with Gasteiger partial charge in [-0.05, 0) is 54.3 Å². The van der Waals surface area contributed by atoms with Gasteiger partial charge in [0.25, 0.3) is 0 Å². The van der Waals surface area contributed by atoms with Gasteiger partial charge in [-0.3, -0.25) is 4.79 Å². The number of hydrogen-bond acceptors (Lipinski definition) is 2. The van der Waals surface area contributed by atoms with Crippen LogP contribution in [0.15, 0.2) is 18.2 Å². The summed E-state index contributed by atoms with van der Waals surface area (Å²) in [6.07, 6.45) is 3.63. The van der Waals surface area contributed by atoms with Gasteiger partial charge in [-0.1, -0.05) is 32.9 Å².